The second-order valence-corrected chi connectivity index (χ2v) is 11.5. The van der Waals surface area contributed by atoms with Crippen molar-refractivity contribution in [3.8, 4) is 5.75 Å². The SMILES string of the molecule is CCCC1CN(CC(=O)c2cc(C(C)(C)C)c(O)c(C(C)(C)C)c2)C(=N)C1c1ccccc1.Cl. The Labute approximate surface area is 211 Å². The lowest BCUT2D eigenvalue weighted by Crippen LogP contribution is -2.32. The fourth-order valence-electron chi connectivity index (χ4n) is 4.98. The first-order valence-electron chi connectivity index (χ1n) is 12.1. The molecule has 186 valence electrons. The maximum absolute atomic E-state index is 13.5. The number of nitrogens with zero attached hydrogens (tertiary/aromatic N) is 1. The summed E-state index contributed by atoms with van der Waals surface area (Å²) in [5, 5.41) is 19.9. The molecule has 1 fully saturated rings. The van der Waals surface area contributed by atoms with Gasteiger partial charge in [-0.1, -0.05) is 85.2 Å². The predicted molar refractivity (Wildman–Crippen MR) is 144 cm³/mol. The number of hydrogen-bond donors (Lipinski definition) is 2. The first-order chi connectivity index (χ1) is 15.3. The molecule has 0 spiro atoms. The van der Waals surface area contributed by atoms with Gasteiger partial charge in [0.25, 0.3) is 0 Å². The van der Waals surface area contributed by atoms with E-state index in [9.17, 15) is 9.90 Å². The monoisotopic (exact) mass is 484 g/mol. The summed E-state index contributed by atoms with van der Waals surface area (Å²) in [6, 6.07) is 13.9. The zero-order chi connectivity index (χ0) is 24.6. The van der Waals surface area contributed by atoms with Crippen LogP contribution >= 0.6 is 12.4 Å². The van der Waals surface area contributed by atoms with Crippen LogP contribution in [0.1, 0.15) is 94.3 Å². The number of halogens is 1. The topological polar surface area (TPSA) is 64.4 Å². The van der Waals surface area contributed by atoms with E-state index in [1.807, 2.05) is 35.2 Å². The summed E-state index contributed by atoms with van der Waals surface area (Å²) in [6.07, 6.45) is 2.10. The van der Waals surface area contributed by atoms with E-state index in [1.165, 1.54) is 0 Å². The number of hydrogen-bond acceptors (Lipinski definition) is 3. The summed E-state index contributed by atoms with van der Waals surface area (Å²) in [5.41, 5.74) is 2.79. The highest BCUT2D eigenvalue weighted by molar-refractivity contribution is 6.01. The van der Waals surface area contributed by atoms with Gasteiger partial charge in [-0.15, -0.1) is 12.4 Å². The van der Waals surface area contributed by atoms with Gasteiger partial charge >= 0.3 is 0 Å². The van der Waals surface area contributed by atoms with Crippen LogP contribution in [-0.2, 0) is 10.8 Å². The van der Waals surface area contributed by atoms with Crippen LogP contribution < -0.4 is 0 Å². The number of rotatable bonds is 6. The third-order valence-electron chi connectivity index (χ3n) is 6.76. The number of likely N-dealkylation sites (tertiary alicyclic amines) is 1. The van der Waals surface area contributed by atoms with Crippen LogP contribution in [0.2, 0.25) is 0 Å². The van der Waals surface area contributed by atoms with Crippen LogP contribution in [0.3, 0.4) is 0 Å². The molecule has 0 amide bonds. The molecule has 4 nitrogen and oxygen atoms in total. The van der Waals surface area contributed by atoms with Crippen LogP contribution in [0.4, 0.5) is 0 Å². The fourth-order valence-corrected chi connectivity index (χ4v) is 4.98. The standard InChI is InChI=1S/C29H40N2O2.ClH/c1-8-12-20-17-31(27(30)25(20)19-13-10-9-11-14-19)18-24(32)21-15-22(28(2,3)4)26(33)23(16-21)29(5,6)7;/h9-11,13-16,20,25,30,33H,8,12,17-18H2,1-7H3;1H. The van der Waals surface area contributed by atoms with Crippen molar-refractivity contribution in [3.05, 3.63) is 64.7 Å². The van der Waals surface area contributed by atoms with Gasteiger partial charge in [0.1, 0.15) is 11.6 Å². The highest BCUT2D eigenvalue weighted by atomic mass is 35.5. The number of Topliss-reactive ketones (excluding diaryl/α,β-unsaturated/α-hetero) is 1. The highest BCUT2D eigenvalue weighted by Gasteiger charge is 2.38. The van der Waals surface area contributed by atoms with Crippen molar-refractivity contribution in [2.24, 2.45) is 5.92 Å². The van der Waals surface area contributed by atoms with Gasteiger partial charge in [-0.2, -0.15) is 0 Å². The fraction of sp³-hybridized carbons (Fsp3) is 0.517. The number of phenolic OH excluding ortho intramolecular Hbond substituents is 1. The van der Waals surface area contributed by atoms with Gasteiger partial charge in [0.2, 0.25) is 0 Å². The van der Waals surface area contributed by atoms with Crippen LogP contribution in [0.25, 0.3) is 0 Å². The van der Waals surface area contributed by atoms with Crippen molar-refractivity contribution < 1.29 is 9.90 Å². The van der Waals surface area contributed by atoms with Gasteiger partial charge in [0, 0.05) is 29.2 Å². The van der Waals surface area contributed by atoms with E-state index >= 15 is 0 Å². The van der Waals surface area contributed by atoms with Gasteiger partial charge < -0.3 is 10.0 Å². The molecule has 0 saturated carbocycles. The first kappa shape index (κ1) is 27.9. The molecule has 2 aromatic rings. The lowest BCUT2D eigenvalue weighted by Gasteiger charge is -2.28. The van der Waals surface area contributed by atoms with Crippen LogP contribution in [-0.4, -0.2) is 34.7 Å². The zero-order valence-electron chi connectivity index (χ0n) is 21.7. The molecular formula is C29H41ClN2O2. The maximum atomic E-state index is 13.5. The van der Waals surface area contributed by atoms with Gasteiger partial charge in [-0.3, -0.25) is 10.2 Å². The van der Waals surface area contributed by atoms with E-state index in [4.69, 9.17) is 5.41 Å². The molecule has 0 radical (unpaired) electrons. The summed E-state index contributed by atoms with van der Waals surface area (Å²) < 4.78 is 0. The number of aromatic hydroxyl groups is 1. The zero-order valence-corrected chi connectivity index (χ0v) is 22.6. The summed E-state index contributed by atoms with van der Waals surface area (Å²) in [7, 11) is 0. The van der Waals surface area contributed by atoms with Crippen LogP contribution in [0, 0.1) is 11.3 Å². The Hall–Kier alpha value is -2.33. The molecule has 2 N–H and O–H groups in total. The van der Waals surface area contributed by atoms with Crippen molar-refractivity contribution in [1.29, 1.82) is 5.41 Å². The Morgan fingerprint density at radius 2 is 1.56 bits per heavy atom. The van der Waals surface area contributed by atoms with Crippen LogP contribution in [0.15, 0.2) is 42.5 Å². The van der Waals surface area contributed by atoms with Crippen molar-refractivity contribution in [3.63, 3.8) is 0 Å². The third-order valence-corrected chi connectivity index (χ3v) is 6.76. The minimum absolute atomic E-state index is 0. The Bertz CT molecular complexity index is 984. The normalized spacial score (nSPS) is 18.7. The van der Waals surface area contributed by atoms with Crippen molar-refractivity contribution in [1.82, 2.24) is 4.90 Å². The molecule has 0 aliphatic carbocycles. The van der Waals surface area contributed by atoms with Crippen molar-refractivity contribution in [2.75, 3.05) is 13.1 Å². The lowest BCUT2D eigenvalue weighted by atomic mass is 9.78. The van der Waals surface area contributed by atoms with E-state index in [2.05, 4.69) is 60.6 Å². The number of ketones is 1. The van der Waals surface area contributed by atoms with E-state index in [1.54, 1.807) is 0 Å². The summed E-state index contributed by atoms with van der Waals surface area (Å²) >= 11 is 0. The molecule has 1 saturated heterocycles. The third kappa shape index (κ3) is 5.83. The lowest BCUT2D eigenvalue weighted by molar-refractivity contribution is 0.0963. The van der Waals surface area contributed by atoms with Crippen molar-refractivity contribution >= 4 is 24.0 Å². The summed E-state index contributed by atoms with van der Waals surface area (Å²) in [4.78, 5) is 15.5. The highest BCUT2D eigenvalue weighted by Crippen LogP contribution is 2.40. The second-order valence-electron chi connectivity index (χ2n) is 11.5. The number of nitrogens with one attached hydrogen (secondary N) is 1. The molecule has 0 aromatic heterocycles. The Morgan fingerprint density at radius 3 is 2.03 bits per heavy atom. The number of carbonyl (C=O) groups excluding carboxylic acids is 1. The Morgan fingerprint density at radius 1 is 1.03 bits per heavy atom. The maximum Gasteiger partial charge on any atom is 0.182 e. The van der Waals surface area contributed by atoms with Gasteiger partial charge in [-0.05, 0) is 40.9 Å². The number of carbonyl (C=O) groups is 1. The molecule has 2 aromatic carbocycles. The quantitative estimate of drug-likeness (QED) is 0.430. The van der Waals surface area contributed by atoms with E-state index in [-0.39, 0.29) is 47.2 Å². The van der Waals surface area contributed by atoms with Gasteiger partial charge in [0.05, 0.1) is 6.54 Å². The molecule has 2 unspecified atom stereocenters. The van der Waals surface area contributed by atoms with Gasteiger partial charge in [-0.25, -0.2) is 0 Å². The van der Waals surface area contributed by atoms with E-state index < -0.39 is 0 Å². The molecule has 2 atom stereocenters. The first-order valence-corrected chi connectivity index (χ1v) is 12.1. The largest absolute Gasteiger partial charge is 0.507 e. The average Bonchev–Trinajstić information content (AvgIpc) is 3.02. The minimum Gasteiger partial charge on any atom is -0.507 e. The summed E-state index contributed by atoms with van der Waals surface area (Å²) in [5.74, 6) is 1.20. The Kier molecular flexibility index (Phi) is 8.63. The average molecular weight is 485 g/mol. The number of amidine groups is 1. The molecule has 1 aliphatic rings. The van der Waals surface area contributed by atoms with E-state index in [0.29, 0.717) is 17.3 Å². The predicted octanol–water partition coefficient (Wildman–Crippen LogP) is 7.08. The van der Waals surface area contributed by atoms with E-state index in [0.717, 1.165) is 36.1 Å². The Balaban J connectivity index is 0.00000408. The number of benzene rings is 2. The van der Waals surface area contributed by atoms with Crippen LogP contribution in [0.5, 0.6) is 5.75 Å². The smallest absolute Gasteiger partial charge is 0.182 e. The second kappa shape index (κ2) is 10.5. The molecule has 5 heteroatoms. The molecule has 1 heterocycles. The summed E-state index contributed by atoms with van der Waals surface area (Å²) in [6.45, 7) is 15.4. The molecule has 3 rings (SSSR count). The van der Waals surface area contributed by atoms with Gasteiger partial charge in [0.15, 0.2) is 5.78 Å². The minimum atomic E-state index is -0.286. The number of phenols is 1. The molecule has 1 aliphatic heterocycles. The molecule has 34 heavy (non-hydrogen) atoms. The van der Waals surface area contributed by atoms with Crippen molar-refractivity contribution in [2.45, 2.75) is 78.1 Å². The molecule has 0 bridgehead atoms. The molecular weight excluding hydrogens is 444 g/mol.